The molecular formula is C13H26N2O3S. The van der Waals surface area contributed by atoms with E-state index in [1.165, 1.54) is 0 Å². The zero-order valence-electron chi connectivity index (χ0n) is 12.0. The van der Waals surface area contributed by atoms with E-state index in [4.69, 9.17) is 4.74 Å². The molecule has 2 fully saturated rings. The van der Waals surface area contributed by atoms with E-state index in [-0.39, 0.29) is 18.0 Å². The summed E-state index contributed by atoms with van der Waals surface area (Å²) >= 11 is 0. The Morgan fingerprint density at radius 1 is 1.21 bits per heavy atom. The molecule has 2 saturated heterocycles. The number of nitrogens with zero attached hydrogens (tertiary/aromatic N) is 1. The van der Waals surface area contributed by atoms with Gasteiger partial charge in [-0.2, -0.15) is 4.31 Å². The van der Waals surface area contributed by atoms with Crippen LogP contribution in [-0.4, -0.2) is 56.4 Å². The Morgan fingerprint density at radius 2 is 1.84 bits per heavy atom. The number of unbranched alkanes of at least 4 members (excludes halogenated alkanes) is 1. The Bertz CT molecular complexity index is 371. The maximum atomic E-state index is 12.3. The van der Waals surface area contributed by atoms with Gasteiger partial charge in [-0.15, -0.1) is 0 Å². The van der Waals surface area contributed by atoms with Crippen LogP contribution in [0.2, 0.25) is 0 Å². The number of morpholine rings is 1. The molecule has 2 unspecified atom stereocenters. The first-order chi connectivity index (χ1) is 8.97. The molecule has 0 radical (unpaired) electrons. The van der Waals surface area contributed by atoms with Crippen molar-refractivity contribution >= 4 is 10.0 Å². The molecule has 112 valence electrons. The average Bonchev–Trinajstić information content (AvgIpc) is 2.67. The Balaban J connectivity index is 1.72. The fourth-order valence-electron chi connectivity index (χ4n) is 2.73. The van der Waals surface area contributed by atoms with E-state index in [2.05, 4.69) is 19.2 Å². The summed E-state index contributed by atoms with van der Waals surface area (Å²) in [6, 6.07) is 0.464. The van der Waals surface area contributed by atoms with E-state index in [1.807, 2.05) is 0 Å². The quantitative estimate of drug-likeness (QED) is 0.710. The third-order valence-electron chi connectivity index (χ3n) is 3.79. The SMILES string of the molecule is CC(C)NCCCCS(=O)(=O)N1CC2CCC(C1)O2. The molecule has 0 spiro atoms. The van der Waals surface area contributed by atoms with Crippen LogP contribution in [0.4, 0.5) is 0 Å². The Morgan fingerprint density at radius 3 is 2.42 bits per heavy atom. The van der Waals surface area contributed by atoms with Crippen molar-refractivity contribution in [3.8, 4) is 0 Å². The van der Waals surface area contributed by atoms with Gasteiger partial charge in [0, 0.05) is 19.1 Å². The predicted molar refractivity (Wildman–Crippen MR) is 75.6 cm³/mol. The van der Waals surface area contributed by atoms with Gasteiger partial charge in [-0.3, -0.25) is 0 Å². The highest BCUT2D eigenvalue weighted by Gasteiger charge is 2.38. The molecule has 1 N–H and O–H groups in total. The van der Waals surface area contributed by atoms with Crippen molar-refractivity contribution < 1.29 is 13.2 Å². The number of hydrogen-bond acceptors (Lipinski definition) is 4. The second-order valence-corrected chi connectivity index (χ2v) is 7.99. The van der Waals surface area contributed by atoms with Crippen LogP contribution in [0.15, 0.2) is 0 Å². The van der Waals surface area contributed by atoms with Gasteiger partial charge in [-0.25, -0.2) is 8.42 Å². The van der Waals surface area contributed by atoms with Crippen molar-refractivity contribution in [3.63, 3.8) is 0 Å². The standard InChI is InChI=1S/C13H26N2O3S/c1-11(2)14-7-3-4-8-19(16,17)15-9-12-5-6-13(10-15)18-12/h11-14H,3-10H2,1-2H3. The van der Waals surface area contributed by atoms with Crippen LogP contribution in [0, 0.1) is 0 Å². The maximum absolute atomic E-state index is 12.3. The summed E-state index contributed by atoms with van der Waals surface area (Å²) in [4.78, 5) is 0. The second kappa shape index (κ2) is 6.52. The zero-order valence-corrected chi connectivity index (χ0v) is 12.8. The molecule has 19 heavy (non-hydrogen) atoms. The van der Waals surface area contributed by atoms with Crippen LogP contribution < -0.4 is 5.32 Å². The summed E-state index contributed by atoms with van der Waals surface area (Å²) in [5.41, 5.74) is 0. The summed E-state index contributed by atoms with van der Waals surface area (Å²) in [7, 11) is -3.08. The minimum atomic E-state index is -3.08. The third-order valence-corrected chi connectivity index (χ3v) is 5.67. The van der Waals surface area contributed by atoms with Crippen molar-refractivity contribution in [1.82, 2.24) is 9.62 Å². The molecule has 0 aromatic rings. The van der Waals surface area contributed by atoms with Crippen molar-refractivity contribution in [2.45, 2.75) is 57.8 Å². The highest BCUT2D eigenvalue weighted by Crippen LogP contribution is 2.27. The van der Waals surface area contributed by atoms with E-state index < -0.39 is 10.0 Å². The van der Waals surface area contributed by atoms with Crippen molar-refractivity contribution in [1.29, 1.82) is 0 Å². The number of nitrogens with one attached hydrogen (secondary N) is 1. The Kier molecular flexibility index (Phi) is 5.22. The van der Waals surface area contributed by atoms with Crippen LogP contribution >= 0.6 is 0 Å². The Labute approximate surface area is 116 Å². The monoisotopic (exact) mass is 290 g/mol. The average molecular weight is 290 g/mol. The van der Waals surface area contributed by atoms with Gasteiger partial charge in [0.1, 0.15) is 0 Å². The second-order valence-electron chi connectivity index (χ2n) is 5.91. The first-order valence-electron chi connectivity index (χ1n) is 7.34. The lowest BCUT2D eigenvalue weighted by Gasteiger charge is -2.31. The Hall–Kier alpha value is -0.170. The molecule has 2 bridgehead atoms. The van der Waals surface area contributed by atoms with E-state index in [0.29, 0.717) is 19.1 Å². The summed E-state index contributed by atoms with van der Waals surface area (Å²) < 4.78 is 31.8. The molecular weight excluding hydrogens is 264 g/mol. The minimum absolute atomic E-state index is 0.135. The molecule has 0 aliphatic carbocycles. The smallest absolute Gasteiger partial charge is 0.214 e. The fraction of sp³-hybridized carbons (Fsp3) is 1.00. The summed E-state index contributed by atoms with van der Waals surface area (Å²) in [5.74, 6) is 0.270. The van der Waals surface area contributed by atoms with Gasteiger partial charge in [-0.1, -0.05) is 13.8 Å². The molecule has 6 heteroatoms. The van der Waals surface area contributed by atoms with Crippen molar-refractivity contribution in [2.24, 2.45) is 0 Å². The van der Waals surface area contributed by atoms with E-state index in [0.717, 1.165) is 32.2 Å². The number of rotatable bonds is 7. The summed E-state index contributed by atoms with van der Waals surface area (Å²) in [6.45, 7) is 6.20. The van der Waals surface area contributed by atoms with Crippen molar-refractivity contribution in [2.75, 3.05) is 25.4 Å². The predicted octanol–water partition coefficient (Wildman–Crippen LogP) is 0.958. The van der Waals surface area contributed by atoms with Crippen LogP contribution in [0.3, 0.4) is 0 Å². The van der Waals surface area contributed by atoms with E-state index >= 15 is 0 Å². The topological polar surface area (TPSA) is 58.6 Å². The van der Waals surface area contributed by atoms with Gasteiger partial charge in [-0.05, 0) is 32.2 Å². The third kappa shape index (κ3) is 4.41. The minimum Gasteiger partial charge on any atom is -0.372 e. The summed E-state index contributed by atoms with van der Waals surface area (Å²) in [5, 5.41) is 3.31. The lowest BCUT2D eigenvalue weighted by Crippen LogP contribution is -2.46. The highest BCUT2D eigenvalue weighted by molar-refractivity contribution is 7.89. The van der Waals surface area contributed by atoms with Crippen LogP contribution in [0.5, 0.6) is 0 Å². The zero-order chi connectivity index (χ0) is 13.9. The van der Waals surface area contributed by atoms with E-state index in [9.17, 15) is 8.42 Å². The molecule has 2 aliphatic rings. The molecule has 5 nitrogen and oxygen atoms in total. The first-order valence-corrected chi connectivity index (χ1v) is 8.95. The maximum Gasteiger partial charge on any atom is 0.214 e. The molecule has 2 rings (SSSR count). The van der Waals surface area contributed by atoms with Gasteiger partial charge in [0.25, 0.3) is 0 Å². The lowest BCUT2D eigenvalue weighted by atomic mass is 10.2. The normalized spacial score (nSPS) is 28.2. The van der Waals surface area contributed by atoms with Crippen molar-refractivity contribution in [3.05, 3.63) is 0 Å². The molecule has 0 amide bonds. The van der Waals surface area contributed by atoms with Gasteiger partial charge in [0.05, 0.1) is 18.0 Å². The van der Waals surface area contributed by atoms with Gasteiger partial charge in [0.2, 0.25) is 10.0 Å². The van der Waals surface area contributed by atoms with E-state index in [1.54, 1.807) is 4.31 Å². The molecule has 2 aliphatic heterocycles. The lowest BCUT2D eigenvalue weighted by molar-refractivity contribution is -0.0114. The molecule has 2 atom stereocenters. The van der Waals surface area contributed by atoms with Gasteiger partial charge >= 0.3 is 0 Å². The molecule has 2 heterocycles. The van der Waals surface area contributed by atoms with Crippen LogP contribution in [0.1, 0.15) is 39.5 Å². The summed E-state index contributed by atoms with van der Waals surface area (Å²) in [6.07, 6.45) is 3.93. The number of sulfonamides is 1. The number of hydrogen-bond donors (Lipinski definition) is 1. The molecule has 0 aromatic carbocycles. The van der Waals surface area contributed by atoms with Gasteiger partial charge in [0.15, 0.2) is 0 Å². The van der Waals surface area contributed by atoms with Crippen LogP contribution in [-0.2, 0) is 14.8 Å². The first kappa shape index (κ1) is 15.2. The number of ether oxygens (including phenoxy) is 1. The molecule has 0 saturated carbocycles. The number of fused-ring (bicyclic) bond motifs is 2. The fourth-order valence-corrected chi connectivity index (χ4v) is 4.35. The highest BCUT2D eigenvalue weighted by atomic mass is 32.2. The molecule has 0 aromatic heterocycles. The van der Waals surface area contributed by atoms with Gasteiger partial charge < -0.3 is 10.1 Å². The van der Waals surface area contributed by atoms with Crippen LogP contribution in [0.25, 0.3) is 0 Å². The largest absolute Gasteiger partial charge is 0.372 e.